The molecule has 160 valence electrons. The second kappa shape index (κ2) is 10.3. The van der Waals surface area contributed by atoms with Crippen molar-refractivity contribution in [1.29, 1.82) is 0 Å². The Morgan fingerprint density at radius 2 is 1.83 bits per heavy atom. The van der Waals surface area contributed by atoms with Gasteiger partial charge in [-0.05, 0) is 54.7 Å². The smallest absolute Gasteiger partial charge is 0.420 e. The largest absolute Gasteiger partial charge is 0.487 e. The number of anilines is 2. The monoisotopic (exact) mass is 435 g/mol. The molecule has 0 spiro atoms. The van der Waals surface area contributed by atoms with Gasteiger partial charge < -0.3 is 15.0 Å². The molecule has 1 aromatic heterocycles. The van der Waals surface area contributed by atoms with E-state index in [0.717, 1.165) is 37.3 Å². The molecule has 0 aliphatic carbocycles. The van der Waals surface area contributed by atoms with Gasteiger partial charge in [0.25, 0.3) is 5.91 Å². The molecular formula is C22H24ClF2N3O2. The number of carbonyl (C=O) groups excluding carboxylic acids is 1. The average Bonchev–Trinajstić information content (AvgIpc) is 3.24. The van der Waals surface area contributed by atoms with Crippen molar-refractivity contribution in [2.45, 2.75) is 38.2 Å². The Morgan fingerprint density at radius 1 is 1.23 bits per heavy atom. The summed E-state index contributed by atoms with van der Waals surface area (Å²) >= 11 is 4.74. The molecule has 0 unspecified atom stereocenters. The molecule has 1 saturated heterocycles. The van der Waals surface area contributed by atoms with E-state index >= 15 is 0 Å². The van der Waals surface area contributed by atoms with Crippen LogP contribution >= 0.6 is 11.6 Å². The quantitative estimate of drug-likeness (QED) is 0.482. The number of halogens is 3. The van der Waals surface area contributed by atoms with Crippen LogP contribution in [0.4, 0.5) is 20.3 Å². The standard InChI is InChI=1S/C20H22ClF2N3O2.C2H2/c1-13(2)17-11-14(12-24-18(17)26-9-3-4-10-26)19(27)25-15-5-7-16(8-6-15)28-20(21,22)23;1-2/h5-8,11-13H,3-4,9-10H2,1-2H3,(H,25,27);1-2H. The molecule has 2 heterocycles. The van der Waals surface area contributed by atoms with E-state index in [1.807, 2.05) is 6.07 Å². The lowest BCUT2D eigenvalue weighted by Crippen LogP contribution is -2.22. The molecule has 1 aliphatic heterocycles. The van der Waals surface area contributed by atoms with Crippen LogP contribution in [0.25, 0.3) is 0 Å². The number of nitrogens with zero attached hydrogens (tertiary/aromatic N) is 2. The Morgan fingerprint density at radius 3 is 2.37 bits per heavy atom. The fourth-order valence-corrected chi connectivity index (χ4v) is 3.25. The zero-order valence-corrected chi connectivity index (χ0v) is 17.6. The summed E-state index contributed by atoms with van der Waals surface area (Å²) in [4.78, 5) is 19.4. The van der Waals surface area contributed by atoms with E-state index in [9.17, 15) is 13.6 Å². The SMILES string of the molecule is C#C.CC(C)c1cc(C(=O)Nc2ccc(OC(F)(F)Cl)cc2)cnc1N1CCCC1. The Balaban J connectivity index is 0.00000155. The number of ether oxygens (including phenoxy) is 1. The highest BCUT2D eigenvalue weighted by atomic mass is 35.5. The van der Waals surface area contributed by atoms with Gasteiger partial charge in [0.1, 0.15) is 11.6 Å². The van der Waals surface area contributed by atoms with Gasteiger partial charge >= 0.3 is 5.57 Å². The van der Waals surface area contributed by atoms with Gasteiger partial charge in [-0.3, -0.25) is 4.79 Å². The maximum absolute atomic E-state index is 12.7. The number of hydrogen-bond donors (Lipinski definition) is 1. The topological polar surface area (TPSA) is 54.5 Å². The summed E-state index contributed by atoms with van der Waals surface area (Å²) < 4.78 is 29.6. The van der Waals surface area contributed by atoms with Crippen LogP contribution in [-0.2, 0) is 0 Å². The van der Waals surface area contributed by atoms with E-state index in [0.29, 0.717) is 11.3 Å². The summed E-state index contributed by atoms with van der Waals surface area (Å²) in [6.07, 6.45) is 11.9. The molecule has 1 amide bonds. The van der Waals surface area contributed by atoms with Crippen molar-refractivity contribution in [2.75, 3.05) is 23.3 Å². The second-order valence-electron chi connectivity index (χ2n) is 7.01. The highest BCUT2D eigenvalue weighted by Gasteiger charge is 2.27. The minimum absolute atomic E-state index is 0.100. The summed E-state index contributed by atoms with van der Waals surface area (Å²) in [6, 6.07) is 7.41. The van der Waals surface area contributed by atoms with Gasteiger partial charge in [-0.1, -0.05) is 13.8 Å². The summed E-state index contributed by atoms with van der Waals surface area (Å²) in [5, 5.41) is 2.73. The zero-order valence-electron chi connectivity index (χ0n) is 16.9. The molecule has 0 radical (unpaired) electrons. The molecule has 2 aromatic rings. The van der Waals surface area contributed by atoms with Crippen molar-refractivity contribution < 1.29 is 18.3 Å². The summed E-state index contributed by atoms with van der Waals surface area (Å²) in [6.45, 7) is 6.11. The first-order valence-electron chi connectivity index (χ1n) is 9.48. The van der Waals surface area contributed by atoms with Crippen LogP contribution in [0, 0.1) is 12.8 Å². The fraction of sp³-hybridized carbons (Fsp3) is 0.364. The molecule has 30 heavy (non-hydrogen) atoms. The molecule has 1 N–H and O–H groups in total. The molecule has 3 rings (SSSR count). The number of rotatable bonds is 6. The van der Waals surface area contributed by atoms with E-state index in [2.05, 4.69) is 46.6 Å². The molecule has 0 atom stereocenters. The number of carbonyl (C=O) groups is 1. The van der Waals surface area contributed by atoms with Crippen LogP contribution < -0.4 is 15.0 Å². The number of hydrogen-bond acceptors (Lipinski definition) is 4. The minimum Gasteiger partial charge on any atom is -0.420 e. The third-order valence-corrected chi connectivity index (χ3v) is 4.61. The summed E-state index contributed by atoms with van der Waals surface area (Å²) in [7, 11) is 0. The highest BCUT2D eigenvalue weighted by molar-refractivity contribution is 6.20. The van der Waals surface area contributed by atoms with E-state index in [1.54, 1.807) is 6.20 Å². The lowest BCUT2D eigenvalue weighted by molar-refractivity contribution is -0.0964. The van der Waals surface area contributed by atoms with Gasteiger partial charge in [0.05, 0.1) is 5.56 Å². The van der Waals surface area contributed by atoms with Crippen LogP contribution in [0.3, 0.4) is 0 Å². The van der Waals surface area contributed by atoms with E-state index in [4.69, 9.17) is 11.6 Å². The third-order valence-electron chi connectivity index (χ3n) is 4.53. The third kappa shape index (κ3) is 6.33. The summed E-state index contributed by atoms with van der Waals surface area (Å²) in [5.41, 5.74) is -1.85. The van der Waals surface area contributed by atoms with Gasteiger partial charge in [-0.25, -0.2) is 4.98 Å². The van der Waals surface area contributed by atoms with Crippen molar-refractivity contribution in [3.63, 3.8) is 0 Å². The number of nitrogens with one attached hydrogen (secondary N) is 1. The number of pyridine rings is 1. The van der Waals surface area contributed by atoms with Crippen molar-refractivity contribution in [2.24, 2.45) is 0 Å². The number of terminal acetylenes is 1. The Bertz CT molecular complexity index is 874. The zero-order chi connectivity index (χ0) is 22.3. The van der Waals surface area contributed by atoms with E-state index in [1.165, 1.54) is 24.3 Å². The minimum atomic E-state index is -3.78. The predicted molar refractivity (Wildman–Crippen MR) is 115 cm³/mol. The molecule has 0 bridgehead atoms. The lowest BCUT2D eigenvalue weighted by Gasteiger charge is -2.22. The molecule has 5 nitrogen and oxygen atoms in total. The highest BCUT2D eigenvalue weighted by Crippen LogP contribution is 2.29. The fourth-order valence-electron chi connectivity index (χ4n) is 3.16. The maximum Gasteiger partial charge on any atom is 0.487 e. The Labute approximate surface area is 180 Å². The van der Waals surface area contributed by atoms with Gasteiger partial charge in [0.2, 0.25) is 0 Å². The maximum atomic E-state index is 12.7. The lowest BCUT2D eigenvalue weighted by atomic mass is 10.0. The first-order chi connectivity index (χ1) is 14.2. The van der Waals surface area contributed by atoms with Gasteiger partial charge in [-0.2, -0.15) is 0 Å². The first kappa shape index (κ1) is 23.4. The molecule has 0 saturated carbocycles. The van der Waals surface area contributed by atoms with Crippen LogP contribution in [0.1, 0.15) is 48.5 Å². The second-order valence-corrected chi connectivity index (χ2v) is 7.45. The van der Waals surface area contributed by atoms with Crippen molar-refractivity contribution >= 4 is 29.0 Å². The molecule has 1 aliphatic rings. The average molecular weight is 436 g/mol. The summed E-state index contributed by atoms with van der Waals surface area (Å²) in [5.74, 6) is 0.743. The van der Waals surface area contributed by atoms with Gasteiger partial charge in [0, 0.05) is 36.6 Å². The van der Waals surface area contributed by atoms with Crippen molar-refractivity contribution in [3.8, 4) is 18.6 Å². The number of amides is 1. The molecule has 1 aromatic carbocycles. The van der Waals surface area contributed by atoms with Crippen LogP contribution in [0.2, 0.25) is 0 Å². The Hall–Kier alpha value is -2.85. The normalized spacial score (nSPS) is 13.5. The predicted octanol–water partition coefficient (Wildman–Crippen LogP) is 5.47. The van der Waals surface area contributed by atoms with E-state index < -0.39 is 5.57 Å². The first-order valence-corrected chi connectivity index (χ1v) is 9.86. The number of benzene rings is 1. The van der Waals surface area contributed by atoms with Crippen molar-refractivity contribution in [1.82, 2.24) is 4.98 Å². The number of aromatic nitrogens is 1. The van der Waals surface area contributed by atoms with Crippen molar-refractivity contribution in [3.05, 3.63) is 47.7 Å². The molecule has 8 heteroatoms. The van der Waals surface area contributed by atoms with Crippen LogP contribution in [0.15, 0.2) is 36.5 Å². The van der Waals surface area contributed by atoms with Gasteiger partial charge in [0.15, 0.2) is 0 Å². The van der Waals surface area contributed by atoms with Crippen LogP contribution in [0.5, 0.6) is 5.75 Å². The van der Waals surface area contributed by atoms with Gasteiger partial charge in [-0.15, -0.1) is 21.6 Å². The van der Waals surface area contributed by atoms with E-state index in [-0.39, 0.29) is 17.6 Å². The molecular weight excluding hydrogens is 412 g/mol. The number of alkyl halides is 3. The molecule has 1 fully saturated rings. The van der Waals surface area contributed by atoms with Crippen LogP contribution in [-0.4, -0.2) is 29.5 Å². The Kier molecular flexibility index (Phi) is 8.01.